The van der Waals surface area contributed by atoms with E-state index in [-0.39, 0.29) is 20.1 Å². The molecule has 0 aliphatic carbocycles. The van der Waals surface area contributed by atoms with Gasteiger partial charge in [0.25, 0.3) is 0 Å². The van der Waals surface area contributed by atoms with Crippen LogP contribution in [0.4, 0.5) is 0 Å². The van der Waals surface area contributed by atoms with E-state index < -0.39 is 8.07 Å². The Hall–Kier alpha value is -3.44. The first kappa shape index (κ1) is 39.3. The Kier molecular flexibility index (Phi) is 12.8. The van der Waals surface area contributed by atoms with E-state index in [1.54, 1.807) is 0 Å². The van der Waals surface area contributed by atoms with Crippen molar-refractivity contribution >= 4 is 35.3 Å². The summed E-state index contributed by atoms with van der Waals surface area (Å²) in [5.41, 5.74) is 10.8. The van der Waals surface area contributed by atoms with Gasteiger partial charge in [0, 0.05) is 43.6 Å². The van der Waals surface area contributed by atoms with Crippen LogP contribution >= 0.6 is 0 Å². The summed E-state index contributed by atoms with van der Waals surface area (Å²) in [6, 6.07) is 27.4. The third-order valence-corrected chi connectivity index (χ3v) is 12.4. The van der Waals surface area contributed by atoms with Crippen LogP contribution in [0, 0.1) is 37.3 Å². The van der Waals surface area contributed by atoms with Crippen LogP contribution < -0.4 is 5.19 Å². The van der Waals surface area contributed by atoms with Crippen LogP contribution in [0.2, 0.25) is 19.6 Å². The maximum atomic E-state index is 6.09. The van der Waals surface area contributed by atoms with Gasteiger partial charge in [0.05, 0.1) is 13.7 Å². The molecule has 2 aromatic carbocycles. The summed E-state index contributed by atoms with van der Waals surface area (Å²) >= 11 is 0. The molecule has 6 heteroatoms. The van der Waals surface area contributed by atoms with Gasteiger partial charge in [-0.25, -0.2) is 4.98 Å². The molecule has 0 aliphatic heterocycles. The number of fused-ring (bicyclic) bond motifs is 3. The van der Waals surface area contributed by atoms with E-state index in [0.29, 0.717) is 23.0 Å². The number of aryl methyl sites for hydroxylation is 2. The second-order valence-electron chi connectivity index (χ2n) is 15.4. The molecule has 0 spiro atoms. The van der Waals surface area contributed by atoms with Crippen molar-refractivity contribution in [3.8, 4) is 22.5 Å². The molecule has 1 atom stereocenters. The molecular formula is C44H53IrN3OSi-2. The number of benzene rings is 2. The Morgan fingerprint density at radius 2 is 1.56 bits per heavy atom. The number of nitrogens with zero attached hydrogens (tertiary/aromatic N) is 3. The van der Waals surface area contributed by atoms with Crippen LogP contribution in [0.25, 0.3) is 44.6 Å². The van der Waals surface area contributed by atoms with Crippen molar-refractivity contribution in [3.63, 3.8) is 0 Å². The Morgan fingerprint density at radius 1 is 0.840 bits per heavy atom. The number of hydrogen-bond donors (Lipinski definition) is 0. The molecule has 1 unspecified atom stereocenters. The van der Waals surface area contributed by atoms with Crippen LogP contribution in [-0.4, -0.2) is 23.0 Å². The quantitative estimate of drug-likeness (QED) is 0.107. The summed E-state index contributed by atoms with van der Waals surface area (Å²) in [4.78, 5) is 14.0. The molecule has 0 saturated carbocycles. The zero-order valence-corrected chi connectivity index (χ0v) is 35.2. The maximum Gasteiger partial charge on any atom is 0.216 e. The van der Waals surface area contributed by atoms with E-state index in [4.69, 9.17) is 9.40 Å². The second kappa shape index (κ2) is 16.3. The standard InChI is InChI=1S/C22H21N2O.C22H32NSi.Ir/c1-13(2)10-16-11-20(23-12-14(16)3)19-7-5-6-17-18-9-8-15(4)24-22(18)25-21(17)19;1-8-22(4,9-2)17(3)19-15-20(18-13-11-10-12-14-18)23-16-21(19)24(5,6)7;/h5-6,8-9,11-13H,10H2,1-4H3;10-13,15-17H,8-9H2,1-7H3;/q2*-1;. The normalized spacial score (nSPS) is 12.5. The first-order chi connectivity index (χ1) is 23.3. The van der Waals surface area contributed by atoms with Gasteiger partial charge < -0.3 is 14.4 Å². The molecule has 6 aromatic rings. The summed E-state index contributed by atoms with van der Waals surface area (Å²) in [6.45, 7) is 25.3. The van der Waals surface area contributed by atoms with Crippen molar-refractivity contribution in [2.45, 2.75) is 100 Å². The molecule has 0 saturated heterocycles. The van der Waals surface area contributed by atoms with Crippen LogP contribution in [-0.2, 0) is 26.5 Å². The summed E-state index contributed by atoms with van der Waals surface area (Å²) in [6.07, 6.45) is 7.54. The van der Waals surface area contributed by atoms with E-state index in [2.05, 4.69) is 127 Å². The maximum absolute atomic E-state index is 6.09. The topological polar surface area (TPSA) is 51.8 Å². The van der Waals surface area contributed by atoms with Gasteiger partial charge in [-0.1, -0.05) is 108 Å². The second-order valence-corrected chi connectivity index (χ2v) is 20.4. The van der Waals surface area contributed by atoms with Gasteiger partial charge in [-0.05, 0) is 71.8 Å². The predicted octanol–water partition coefficient (Wildman–Crippen LogP) is 11.7. The zero-order valence-electron chi connectivity index (χ0n) is 31.8. The van der Waals surface area contributed by atoms with E-state index in [0.717, 1.165) is 51.0 Å². The number of rotatable bonds is 9. The minimum atomic E-state index is -1.44. The summed E-state index contributed by atoms with van der Waals surface area (Å²) in [5.74, 6) is 1.13. The van der Waals surface area contributed by atoms with Crippen molar-refractivity contribution in [1.82, 2.24) is 15.0 Å². The minimum Gasteiger partial charge on any atom is -0.486 e. The van der Waals surface area contributed by atoms with E-state index in [1.165, 1.54) is 34.7 Å². The van der Waals surface area contributed by atoms with Crippen molar-refractivity contribution in [3.05, 3.63) is 108 Å². The molecule has 4 aromatic heterocycles. The van der Waals surface area contributed by atoms with Crippen molar-refractivity contribution in [2.24, 2.45) is 11.3 Å². The van der Waals surface area contributed by atoms with Gasteiger partial charge >= 0.3 is 0 Å². The fourth-order valence-electron chi connectivity index (χ4n) is 6.66. The first-order valence-electron chi connectivity index (χ1n) is 17.9. The van der Waals surface area contributed by atoms with Gasteiger partial charge in [-0.2, -0.15) is 0 Å². The fraction of sp³-hybridized carbons (Fsp3) is 0.386. The van der Waals surface area contributed by atoms with Crippen LogP contribution in [0.3, 0.4) is 0 Å². The van der Waals surface area contributed by atoms with E-state index in [9.17, 15) is 0 Å². The molecule has 6 rings (SSSR count). The number of pyridine rings is 3. The summed E-state index contributed by atoms with van der Waals surface area (Å²) in [7, 11) is -1.44. The molecule has 265 valence electrons. The van der Waals surface area contributed by atoms with E-state index in [1.807, 2.05) is 43.5 Å². The predicted molar refractivity (Wildman–Crippen MR) is 210 cm³/mol. The molecule has 4 heterocycles. The number of furan rings is 1. The van der Waals surface area contributed by atoms with E-state index >= 15 is 0 Å². The third-order valence-electron chi connectivity index (χ3n) is 10.4. The van der Waals surface area contributed by atoms with Gasteiger partial charge in [-0.3, -0.25) is 0 Å². The molecule has 0 fully saturated rings. The molecular weight excluding hydrogens is 807 g/mol. The average Bonchev–Trinajstić information content (AvgIpc) is 3.46. The average molecular weight is 860 g/mol. The largest absolute Gasteiger partial charge is 0.486 e. The Morgan fingerprint density at radius 3 is 2.20 bits per heavy atom. The van der Waals surface area contributed by atoms with Gasteiger partial charge in [0.1, 0.15) is 0 Å². The smallest absolute Gasteiger partial charge is 0.216 e. The SMILES string of the molecule is CCC(C)(CC)C(C)c1cc(-c2[c-]cccc2)ncc1[Si](C)(C)C.Cc1ccc2c(n1)oc1c(-c3cc(CC(C)C)c(C)cn3)[c-]ccc12.[Ir]. The molecule has 4 nitrogen and oxygen atoms in total. The third kappa shape index (κ3) is 8.53. The fourth-order valence-corrected chi connectivity index (χ4v) is 8.27. The molecule has 50 heavy (non-hydrogen) atoms. The molecule has 0 aliphatic rings. The van der Waals surface area contributed by atoms with Crippen molar-refractivity contribution in [2.75, 3.05) is 0 Å². The van der Waals surface area contributed by atoms with Gasteiger partial charge in [0.2, 0.25) is 5.71 Å². The Labute approximate surface area is 314 Å². The number of hydrogen-bond acceptors (Lipinski definition) is 4. The molecule has 0 amide bonds. The Bertz CT molecular complexity index is 2040. The zero-order chi connectivity index (χ0) is 35.5. The van der Waals surface area contributed by atoms with Crippen LogP contribution in [0.5, 0.6) is 0 Å². The van der Waals surface area contributed by atoms with Gasteiger partial charge in [-0.15, -0.1) is 54.1 Å². The first-order valence-corrected chi connectivity index (χ1v) is 21.4. The monoisotopic (exact) mass is 860 g/mol. The summed E-state index contributed by atoms with van der Waals surface area (Å²) < 4.78 is 6.09. The molecule has 0 N–H and O–H groups in total. The number of aromatic nitrogens is 3. The van der Waals surface area contributed by atoms with Crippen LogP contribution in [0.15, 0.2) is 77.5 Å². The van der Waals surface area contributed by atoms with Crippen LogP contribution in [0.1, 0.15) is 82.7 Å². The Balaban J connectivity index is 0.000000221. The summed E-state index contributed by atoms with van der Waals surface area (Å²) in [5, 5.41) is 3.59. The van der Waals surface area contributed by atoms with Crippen molar-refractivity contribution in [1.29, 1.82) is 0 Å². The molecule has 1 radical (unpaired) electrons. The van der Waals surface area contributed by atoms with Gasteiger partial charge in [0.15, 0.2) is 0 Å². The minimum absolute atomic E-state index is 0. The van der Waals surface area contributed by atoms with Crippen molar-refractivity contribution < 1.29 is 24.5 Å². The molecule has 0 bridgehead atoms.